The van der Waals surface area contributed by atoms with Gasteiger partial charge in [-0.1, -0.05) is 25.0 Å². The van der Waals surface area contributed by atoms with E-state index in [1.165, 1.54) is 25.2 Å². The summed E-state index contributed by atoms with van der Waals surface area (Å²) in [6.45, 7) is 1.98. The van der Waals surface area contributed by atoms with Crippen molar-refractivity contribution >= 4 is 11.6 Å². The van der Waals surface area contributed by atoms with E-state index in [4.69, 9.17) is 4.74 Å². The first-order chi connectivity index (χ1) is 9.09. The zero-order valence-corrected chi connectivity index (χ0v) is 11.6. The van der Waals surface area contributed by atoms with E-state index in [9.17, 15) is 9.59 Å². The highest BCUT2D eigenvalue weighted by Gasteiger charge is 2.56. The Morgan fingerprint density at radius 2 is 2.05 bits per heavy atom. The van der Waals surface area contributed by atoms with Crippen LogP contribution in [0.2, 0.25) is 0 Å². The summed E-state index contributed by atoms with van der Waals surface area (Å²) in [6.07, 6.45) is 8.79. The number of hydrogen-bond acceptors (Lipinski definition) is 3. The molecule has 1 saturated carbocycles. The van der Waals surface area contributed by atoms with Crippen molar-refractivity contribution in [2.75, 3.05) is 7.11 Å². The zero-order valence-electron chi connectivity index (χ0n) is 11.6. The Kier molecular flexibility index (Phi) is 2.88. The molecule has 0 N–H and O–H groups in total. The first kappa shape index (κ1) is 12.6. The highest BCUT2D eigenvalue weighted by molar-refractivity contribution is 6.12. The first-order valence-electron chi connectivity index (χ1n) is 7.12. The molecule has 102 valence electrons. The third kappa shape index (κ3) is 1.63. The molecule has 3 nitrogen and oxygen atoms in total. The molecule has 0 aromatic heterocycles. The Hall–Kier alpha value is -1.38. The molecule has 0 aromatic carbocycles. The summed E-state index contributed by atoms with van der Waals surface area (Å²) < 4.78 is 5.14. The van der Waals surface area contributed by atoms with Crippen molar-refractivity contribution in [2.45, 2.75) is 39.0 Å². The number of allylic oxidation sites excluding steroid dienone is 4. The molecule has 0 amide bonds. The van der Waals surface area contributed by atoms with Gasteiger partial charge in [0.25, 0.3) is 0 Å². The molecule has 1 fully saturated rings. The van der Waals surface area contributed by atoms with E-state index in [-0.39, 0.29) is 29.2 Å². The van der Waals surface area contributed by atoms with Gasteiger partial charge in [-0.15, -0.1) is 0 Å². The summed E-state index contributed by atoms with van der Waals surface area (Å²) in [5.74, 6) is 0.369. The summed E-state index contributed by atoms with van der Waals surface area (Å²) in [6, 6.07) is 0. The molecule has 0 saturated heterocycles. The summed E-state index contributed by atoms with van der Waals surface area (Å²) in [5.41, 5.74) is 0.810. The monoisotopic (exact) mass is 260 g/mol. The van der Waals surface area contributed by atoms with Crippen molar-refractivity contribution in [3.8, 4) is 0 Å². The van der Waals surface area contributed by atoms with Crippen LogP contribution < -0.4 is 0 Å². The van der Waals surface area contributed by atoms with Gasteiger partial charge >= 0.3 is 0 Å². The molecule has 3 atom stereocenters. The van der Waals surface area contributed by atoms with E-state index < -0.39 is 5.41 Å². The third-order valence-electron chi connectivity index (χ3n) is 5.27. The zero-order chi connectivity index (χ0) is 13.6. The normalized spacial score (nSPS) is 38.0. The van der Waals surface area contributed by atoms with E-state index >= 15 is 0 Å². The van der Waals surface area contributed by atoms with Crippen LogP contribution >= 0.6 is 0 Å². The number of carbonyl (C=O) groups excluding carboxylic acids is 2. The van der Waals surface area contributed by atoms with Gasteiger partial charge in [0.05, 0.1) is 12.5 Å². The lowest BCUT2D eigenvalue weighted by atomic mass is 9.53. The van der Waals surface area contributed by atoms with Gasteiger partial charge in [0, 0.05) is 12.0 Å². The van der Waals surface area contributed by atoms with Gasteiger partial charge in [-0.2, -0.15) is 0 Å². The number of rotatable bonds is 1. The van der Waals surface area contributed by atoms with E-state index in [0.717, 1.165) is 19.3 Å². The smallest absolute Gasteiger partial charge is 0.204 e. The molecule has 2 unspecified atom stereocenters. The number of methoxy groups -OCH3 is 1. The predicted octanol–water partition coefficient (Wildman–Crippen LogP) is 2.81. The maximum atomic E-state index is 12.7. The van der Waals surface area contributed by atoms with Crippen molar-refractivity contribution in [1.82, 2.24) is 0 Å². The Morgan fingerprint density at radius 1 is 1.26 bits per heavy atom. The number of ether oxygens (including phenoxy) is 1. The van der Waals surface area contributed by atoms with Crippen LogP contribution in [0.1, 0.15) is 39.0 Å². The maximum Gasteiger partial charge on any atom is 0.204 e. The SMILES string of the molecule is COC1=CC(=O)C2CC=C3CCCCC3[C@@]2(C)C1=O. The van der Waals surface area contributed by atoms with Gasteiger partial charge < -0.3 is 4.74 Å². The summed E-state index contributed by atoms with van der Waals surface area (Å²) in [7, 11) is 1.47. The van der Waals surface area contributed by atoms with Crippen LogP contribution in [0, 0.1) is 17.3 Å². The maximum absolute atomic E-state index is 12.7. The van der Waals surface area contributed by atoms with Crippen LogP contribution in [0.4, 0.5) is 0 Å². The van der Waals surface area contributed by atoms with E-state index in [0.29, 0.717) is 6.42 Å². The second-order valence-electron chi connectivity index (χ2n) is 6.09. The van der Waals surface area contributed by atoms with Crippen LogP contribution in [0.5, 0.6) is 0 Å². The standard InChI is InChI=1S/C16H20O3/c1-16-11-6-4-3-5-10(11)7-8-12(16)13(17)9-14(19-2)15(16)18/h7,9,11-12H,3-6,8H2,1-2H3/t11?,12?,16-/m1/s1. The lowest BCUT2D eigenvalue weighted by Gasteiger charge is -2.48. The third-order valence-corrected chi connectivity index (χ3v) is 5.27. The summed E-state index contributed by atoms with van der Waals surface area (Å²) in [4.78, 5) is 25.0. The largest absolute Gasteiger partial charge is 0.493 e. The van der Waals surface area contributed by atoms with Crippen molar-refractivity contribution in [3.05, 3.63) is 23.5 Å². The molecular formula is C16H20O3. The number of ketones is 2. The number of Topliss-reactive ketones (excluding diaryl/α,β-unsaturated/α-hetero) is 1. The Bertz CT molecular complexity index is 500. The molecule has 3 rings (SSSR count). The Morgan fingerprint density at radius 3 is 2.79 bits per heavy atom. The second-order valence-corrected chi connectivity index (χ2v) is 6.09. The van der Waals surface area contributed by atoms with Crippen molar-refractivity contribution in [2.24, 2.45) is 17.3 Å². The van der Waals surface area contributed by atoms with Gasteiger partial charge in [-0.3, -0.25) is 9.59 Å². The van der Waals surface area contributed by atoms with E-state index in [1.807, 2.05) is 6.92 Å². The summed E-state index contributed by atoms with van der Waals surface area (Å²) in [5, 5.41) is 0. The van der Waals surface area contributed by atoms with Gasteiger partial charge in [-0.05, 0) is 31.6 Å². The van der Waals surface area contributed by atoms with Crippen molar-refractivity contribution < 1.29 is 14.3 Å². The van der Waals surface area contributed by atoms with Crippen LogP contribution in [0.15, 0.2) is 23.5 Å². The number of fused-ring (bicyclic) bond motifs is 3. The fraction of sp³-hybridized carbons (Fsp3) is 0.625. The minimum atomic E-state index is -0.582. The molecule has 0 radical (unpaired) electrons. The topological polar surface area (TPSA) is 43.4 Å². The summed E-state index contributed by atoms with van der Waals surface area (Å²) >= 11 is 0. The van der Waals surface area contributed by atoms with Crippen molar-refractivity contribution in [1.29, 1.82) is 0 Å². The number of hydrogen-bond donors (Lipinski definition) is 0. The van der Waals surface area contributed by atoms with Crippen LogP contribution in [0.3, 0.4) is 0 Å². The Labute approximate surface area is 113 Å². The minimum Gasteiger partial charge on any atom is -0.493 e. The lowest BCUT2D eigenvalue weighted by Crippen LogP contribution is -2.51. The molecule has 19 heavy (non-hydrogen) atoms. The quantitative estimate of drug-likeness (QED) is 0.681. The molecule has 3 heteroatoms. The fourth-order valence-corrected chi connectivity index (χ4v) is 4.16. The van der Waals surface area contributed by atoms with Crippen LogP contribution in [0.25, 0.3) is 0 Å². The predicted molar refractivity (Wildman–Crippen MR) is 71.4 cm³/mol. The highest BCUT2D eigenvalue weighted by atomic mass is 16.5. The molecule has 0 heterocycles. The van der Waals surface area contributed by atoms with E-state index in [2.05, 4.69) is 6.08 Å². The number of carbonyl (C=O) groups is 2. The van der Waals surface area contributed by atoms with E-state index in [1.54, 1.807) is 0 Å². The molecule has 0 aromatic rings. The first-order valence-corrected chi connectivity index (χ1v) is 7.12. The molecule has 0 aliphatic heterocycles. The minimum absolute atomic E-state index is 0.0251. The second kappa shape index (κ2) is 4.32. The molecule has 0 bridgehead atoms. The molecule has 3 aliphatic rings. The van der Waals surface area contributed by atoms with Gasteiger partial charge in [0.2, 0.25) is 5.78 Å². The van der Waals surface area contributed by atoms with Gasteiger partial charge in [0.1, 0.15) is 0 Å². The van der Waals surface area contributed by atoms with Crippen molar-refractivity contribution in [3.63, 3.8) is 0 Å². The average molecular weight is 260 g/mol. The fourth-order valence-electron chi connectivity index (χ4n) is 4.16. The molecule has 0 spiro atoms. The van der Waals surface area contributed by atoms with Gasteiger partial charge in [-0.25, -0.2) is 0 Å². The molecular weight excluding hydrogens is 240 g/mol. The van der Waals surface area contributed by atoms with Crippen LogP contribution in [-0.2, 0) is 14.3 Å². The Balaban J connectivity index is 2.09. The highest BCUT2D eigenvalue weighted by Crippen LogP contribution is 2.54. The van der Waals surface area contributed by atoms with Gasteiger partial charge in [0.15, 0.2) is 11.5 Å². The van der Waals surface area contributed by atoms with Crippen LogP contribution in [-0.4, -0.2) is 18.7 Å². The lowest BCUT2D eigenvalue weighted by molar-refractivity contribution is -0.143. The molecule has 3 aliphatic carbocycles. The average Bonchev–Trinajstić information content (AvgIpc) is 2.43.